The van der Waals surface area contributed by atoms with Gasteiger partial charge < -0.3 is 19.7 Å². The molecule has 0 bridgehead atoms. The monoisotopic (exact) mass is 408 g/mol. The van der Waals surface area contributed by atoms with E-state index in [1.807, 2.05) is 24.3 Å². The van der Waals surface area contributed by atoms with E-state index in [1.54, 1.807) is 24.3 Å². The molecule has 1 N–H and O–H groups in total. The highest BCUT2D eigenvalue weighted by molar-refractivity contribution is 5.94. The first kappa shape index (κ1) is 21.1. The number of ether oxygens (including phenoxy) is 2. The molecular formula is C21H23F3N2O3. The number of anilines is 1. The highest BCUT2D eigenvalue weighted by Gasteiger charge is 2.27. The van der Waals surface area contributed by atoms with E-state index in [2.05, 4.69) is 15.0 Å². The van der Waals surface area contributed by atoms with Crippen molar-refractivity contribution in [2.45, 2.75) is 19.3 Å². The van der Waals surface area contributed by atoms with Crippen LogP contribution < -0.4 is 10.2 Å². The zero-order valence-corrected chi connectivity index (χ0v) is 15.9. The summed E-state index contributed by atoms with van der Waals surface area (Å²) in [6, 6.07) is 14.3. The van der Waals surface area contributed by atoms with E-state index in [0.717, 1.165) is 37.6 Å². The van der Waals surface area contributed by atoms with Crippen LogP contribution in [0, 0.1) is 0 Å². The van der Waals surface area contributed by atoms with Crippen LogP contribution in [0.1, 0.15) is 21.5 Å². The SMILES string of the molecule is O=C(NCc1ccc(N2CCOCC2)cc1)c1ccc(COCC(F)(F)F)cc1. The molecule has 1 heterocycles. The Morgan fingerprint density at radius 1 is 1.00 bits per heavy atom. The molecule has 0 aromatic heterocycles. The lowest BCUT2D eigenvalue weighted by atomic mass is 10.1. The topological polar surface area (TPSA) is 50.8 Å². The van der Waals surface area contributed by atoms with Crippen LogP contribution in [0.5, 0.6) is 0 Å². The zero-order chi connectivity index (χ0) is 20.7. The van der Waals surface area contributed by atoms with Gasteiger partial charge in [-0.25, -0.2) is 0 Å². The summed E-state index contributed by atoms with van der Waals surface area (Å²) in [5.74, 6) is -0.245. The molecule has 3 rings (SSSR count). The number of benzene rings is 2. The highest BCUT2D eigenvalue weighted by Crippen LogP contribution is 2.17. The van der Waals surface area contributed by atoms with Crippen molar-refractivity contribution in [2.75, 3.05) is 37.8 Å². The molecule has 8 heteroatoms. The van der Waals surface area contributed by atoms with Crippen molar-refractivity contribution < 1.29 is 27.4 Å². The maximum atomic E-state index is 12.3. The molecule has 29 heavy (non-hydrogen) atoms. The molecule has 2 aromatic carbocycles. The fraction of sp³-hybridized carbons (Fsp3) is 0.381. The van der Waals surface area contributed by atoms with Crippen molar-refractivity contribution in [3.05, 3.63) is 65.2 Å². The fourth-order valence-electron chi connectivity index (χ4n) is 2.97. The first-order valence-electron chi connectivity index (χ1n) is 9.34. The maximum absolute atomic E-state index is 12.3. The number of hydrogen-bond acceptors (Lipinski definition) is 4. The van der Waals surface area contributed by atoms with Gasteiger partial charge in [-0.3, -0.25) is 4.79 Å². The van der Waals surface area contributed by atoms with Crippen molar-refractivity contribution in [3.63, 3.8) is 0 Å². The molecule has 0 radical (unpaired) electrons. The second-order valence-corrected chi connectivity index (χ2v) is 6.75. The second-order valence-electron chi connectivity index (χ2n) is 6.75. The molecule has 156 valence electrons. The van der Waals surface area contributed by atoms with E-state index in [0.29, 0.717) is 17.7 Å². The minimum atomic E-state index is -4.35. The van der Waals surface area contributed by atoms with E-state index in [1.165, 1.54) is 0 Å². The number of nitrogens with one attached hydrogen (secondary N) is 1. The van der Waals surface area contributed by atoms with Crippen LogP contribution in [0.25, 0.3) is 0 Å². The minimum Gasteiger partial charge on any atom is -0.378 e. The average Bonchev–Trinajstić information content (AvgIpc) is 2.73. The summed E-state index contributed by atoms with van der Waals surface area (Å²) in [6.07, 6.45) is -4.35. The quantitative estimate of drug-likeness (QED) is 0.762. The lowest BCUT2D eigenvalue weighted by molar-refractivity contribution is -0.176. The van der Waals surface area contributed by atoms with E-state index >= 15 is 0 Å². The van der Waals surface area contributed by atoms with E-state index in [9.17, 15) is 18.0 Å². The molecule has 1 aliphatic rings. The summed E-state index contributed by atoms with van der Waals surface area (Å²) in [4.78, 5) is 14.5. The Morgan fingerprint density at radius 3 is 2.24 bits per heavy atom. The largest absolute Gasteiger partial charge is 0.411 e. The number of amides is 1. The Hall–Kier alpha value is -2.58. The molecule has 1 aliphatic heterocycles. The third-order valence-corrected chi connectivity index (χ3v) is 4.52. The number of carbonyl (C=O) groups excluding carboxylic acids is 1. The van der Waals surface area contributed by atoms with Gasteiger partial charge in [-0.05, 0) is 35.4 Å². The number of rotatable bonds is 7. The smallest absolute Gasteiger partial charge is 0.378 e. The van der Waals surface area contributed by atoms with E-state index < -0.39 is 12.8 Å². The van der Waals surface area contributed by atoms with Gasteiger partial charge in [0, 0.05) is 30.9 Å². The van der Waals surface area contributed by atoms with Crippen LogP contribution in [0.3, 0.4) is 0 Å². The Balaban J connectivity index is 1.46. The number of nitrogens with zero attached hydrogens (tertiary/aromatic N) is 1. The van der Waals surface area contributed by atoms with Gasteiger partial charge in [-0.1, -0.05) is 24.3 Å². The molecule has 1 amide bonds. The first-order chi connectivity index (χ1) is 13.9. The Bertz CT molecular complexity index is 786. The Labute approximate surface area is 167 Å². The molecule has 5 nitrogen and oxygen atoms in total. The number of hydrogen-bond donors (Lipinski definition) is 1. The molecule has 0 unspecified atom stereocenters. The molecule has 0 aliphatic carbocycles. The molecular weight excluding hydrogens is 385 g/mol. The van der Waals surface area contributed by atoms with Gasteiger partial charge in [-0.2, -0.15) is 13.2 Å². The number of halogens is 3. The van der Waals surface area contributed by atoms with Gasteiger partial charge in [0.05, 0.1) is 19.8 Å². The Morgan fingerprint density at radius 2 is 1.62 bits per heavy atom. The van der Waals surface area contributed by atoms with Crippen LogP contribution >= 0.6 is 0 Å². The molecule has 0 atom stereocenters. The third-order valence-electron chi connectivity index (χ3n) is 4.52. The third kappa shape index (κ3) is 6.76. The summed E-state index contributed by atoms with van der Waals surface area (Å²) in [5, 5.41) is 2.84. The predicted octanol–water partition coefficient (Wildman–Crippen LogP) is 3.53. The van der Waals surface area contributed by atoms with Crippen LogP contribution in [0.2, 0.25) is 0 Å². The molecule has 1 fully saturated rings. The standard InChI is InChI=1S/C21H23F3N2O3/c22-21(23,24)15-29-14-17-1-5-18(6-2-17)20(27)25-13-16-3-7-19(8-4-16)26-9-11-28-12-10-26/h1-8H,9-15H2,(H,25,27). The van der Waals surface area contributed by atoms with Crippen molar-refractivity contribution in [1.82, 2.24) is 5.32 Å². The molecule has 1 saturated heterocycles. The van der Waals surface area contributed by atoms with Crippen LogP contribution in [-0.2, 0) is 22.6 Å². The lowest BCUT2D eigenvalue weighted by Crippen LogP contribution is -2.36. The van der Waals surface area contributed by atoms with Crippen LogP contribution in [0.4, 0.5) is 18.9 Å². The van der Waals surface area contributed by atoms with Gasteiger partial charge in [0.15, 0.2) is 0 Å². The van der Waals surface area contributed by atoms with Crippen molar-refractivity contribution in [3.8, 4) is 0 Å². The highest BCUT2D eigenvalue weighted by atomic mass is 19.4. The van der Waals surface area contributed by atoms with Gasteiger partial charge >= 0.3 is 6.18 Å². The van der Waals surface area contributed by atoms with Crippen molar-refractivity contribution in [1.29, 1.82) is 0 Å². The normalized spacial score (nSPS) is 14.7. The van der Waals surface area contributed by atoms with Gasteiger partial charge in [0.25, 0.3) is 5.91 Å². The molecule has 0 saturated carbocycles. The fourth-order valence-corrected chi connectivity index (χ4v) is 2.97. The maximum Gasteiger partial charge on any atom is 0.411 e. The predicted molar refractivity (Wildman–Crippen MR) is 103 cm³/mol. The summed E-state index contributed by atoms with van der Waals surface area (Å²) in [7, 11) is 0. The minimum absolute atomic E-state index is 0.156. The van der Waals surface area contributed by atoms with Gasteiger partial charge in [-0.15, -0.1) is 0 Å². The lowest BCUT2D eigenvalue weighted by Gasteiger charge is -2.28. The molecule has 0 spiro atoms. The summed E-state index contributed by atoms with van der Waals surface area (Å²) >= 11 is 0. The van der Waals surface area contributed by atoms with Crippen LogP contribution in [0.15, 0.2) is 48.5 Å². The van der Waals surface area contributed by atoms with E-state index in [4.69, 9.17) is 4.74 Å². The molecule has 2 aromatic rings. The number of carbonyl (C=O) groups is 1. The zero-order valence-electron chi connectivity index (χ0n) is 15.9. The number of alkyl halides is 3. The van der Waals surface area contributed by atoms with Crippen LogP contribution in [-0.4, -0.2) is 45.0 Å². The number of morpholine rings is 1. The first-order valence-corrected chi connectivity index (χ1v) is 9.34. The Kier molecular flexibility index (Phi) is 7.11. The van der Waals surface area contributed by atoms with Crippen molar-refractivity contribution >= 4 is 11.6 Å². The van der Waals surface area contributed by atoms with E-state index in [-0.39, 0.29) is 12.5 Å². The summed E-state index contributed by atoms with van der Waals surface area (Å²) < 4.78 is 46.2. The average molecular weight is 408 g/mol. The second kappa shape index (κ2) is 9.76. The van der Waals surface area contributed by atoms with Crippen molar-refractivity contribution in [2.24, 2.45) is 0 Å². The summed E-state index contributed by atoms with van der Waals surface area (Å²) in [6.45, 7) is 2.13. The van der Waals surface area contributed by atoms with Gasteiger partial charge in [0.1, 0.15) is 6.61 Å². The van der Waals surface area contributed by atoms with Gasteiger partial charge in [0.2, 0.25) is 0 Å². The summed E-state index contributed by atoms with van der Waals surface area (Å²) in [5.41, 5.74) is 3.12.